The molecule has 0 bridgehead atoms. The number of carboxylic acids is 4. The van der Waals surface area contributed by atoms with Crippen molar-refractivity contribution in [3.8, 4) is 0 Å². The monoisotopic (exact) mass is 1370 g/mol. The number of nitrogens with two attached hydrogens (primary N) is 3. The lowest BCUT2D eigenvalue weighted by Gasteiger charge is -2.22. The molecule has 5 atom stereocenters. The summed E-state index contributed by atoms with van der Waals surface area (Å²) in [4.78, 5) is 183. The van der Waals surface area contributed by atoms with Crippen LogP contribution in [0.4, 0.5) is 17.6 Å². The molecule has 0 aliphatic rings. The minimum atomic E-state index is -1.75. The third-order valence-electron chi connectivity index (χ3n) is 14.4. The summed E-state index contributed by atoms with van der Waals surface area (Å²) < 4.78 is 5.12. The number of carbonyl (C=O) groups is 11. The van der Waals surface area contributed by atoms with Gasteiger partial charge in [0.1, 0.15) is 25.0 Å². The highest BCUT2D eigenvalue weighted by Gasteiger charge is 2.33. The molecule has 19 N–H and O–H groups in total. The van der Waals surface area contributed by atoms with Gasteiger partial charge in [0, 0.05) is 72.9 Å². The van der Waals surface area contributed by atoms with E-state index in [1.165, 1.54) is 36.7 Å². The predicted octanol–water partition coefficient (Wildman–Crippen LogP) is 0.637. The number of aromatic nitrogens is 8. The molecule has 6 rings (SSSR count). The van der Waals surface area contributed by atoms with Gasteiger partial charge in [-0.15, -0.1) is 0 Å². The zero-order valence-electron chi connectivity index (χ0n) is 51.2. The highest BCUT2D eigenvalue weighted by atomic mass is 33.1. The number of nitrogen functional groups attached to an aromatic ring is 2. The van der Waals surface area contributed by atoms with Gasteiger partial charge in [-0.3, -0.25) is 68.5 Å². The van der Waals surface area contributed by atoms with Crippen molar-refractivity contribution in [2.75, 3.05) is 48.0 Å². The Balaban J connectivity index is 0.895. The van der Waals surface area contributed by atoms with Gasteiger partial charge in [0.05, 0.1) is 54.6 Å². The maximum atomic E-state index is 13.8. The number of carbonyl (C=O) groups excluding carboxylic acids is 7. The maximum Gasteiger partial charge on any atom is 0.326 e. The molecule has 0 radical (unpaired) electrons. The van der Waals surface area contributed by atoms with Crippen LogP contribution in [0.1, 0.15) is 102 Å². The second-order valence-electron chi connectivity index (χ2n) is 21.6. The summed E-state index contributed by atoms with van der Waals surface area (Å²) in [5, 5.41) is 67.6. The SMILES string of the molecule is N=C(N)NCCC[C@@H](CC(=O)CC[C@@H](NC(=O)c1ccc(NCc2cnc3nc(N)[nH]c(=O)c3n2)cc1)C(=O)O)C(=O)N[C@H](CC(=O)O)C(=O)C[C@H](CSSCCOC(=O)CNC(=O)CC[C@H](CC(=O)c1ccc(CCc2cnc3nc(N)[nH]c(=N)c3n2)cc1)C(=O)O)C(=O)O. The topological polar surface area (TPSA) is 590 Å². The number of fused-ring (bicyclic) bond motifs is 2. The summed E-state index contributed by atoms with van der Waals surface area (Å²) in [5.41, 5.74) is 19.2. The Labute approximate surface area is 552 Å². The van der Waals surface area contributed by atoms with E-state index < -0.39 is 151 Å². The Morgan fingerprint density at radius 1 is 0.656 bits per heavy atom. The number of aromatic amines is 2. The van der Waals surface area contributed by atoms with Gasteiger partial charge in [-0.2, -0.15) is 9.97 Å². The number of guanidine groups is 1. The third kappa shape index (κ3) is 24.2. The smallest absolute Gasteiger partial charge is 0.326 e. The van der Waals surface area contributed by atoms with Gasteiger partial charge in [0.2, 0.25) is 23.7 Å². The average Bonchev–Trinajstić information content (AvgIpc) is 0.872. The molecular formula is C59H70N18O17S2. The maximum absolute atomic E-state index is 13.8. The Morgan fingerprint density at radius 3 is 1.98 bits per heavy atom. The molecule has 35 nitrogen and oxygen atoms in total. The first-order valence-corrected chi connectivity index (χ1v) is 32.0. The van der Waals surface area contributed by atoms with Crippen LogP contribution in [0, 0.1) is 28.6 Å². The van der Waals surface area contributed by atoms with Gasteiger partial charge in [-0.1, -0.05) is 45.9 Å². The highest BCUT2D eigenvalue weighted by Crippen LogP contribution is 2.27. The minimum absolute atomic E-state index is 0.0228. The van der Waals surface area contributed by atoms with Crippen LogP contribution < -0.4 is 54.8 Å². The molecule has 0 spiro atoms. The summed E-state index contributed by atoms with van der Waals surface area (Å²) >= 11 is 0. The highest BCUT2D eigenvalue weighted by molar-refractivity contribution is 8.76. The van der Waals surface area contributed by atoms with E-state index in [-0.39, 0.29) is 108 Å². The number of aliphatic carboxylic acids is 4. The van der Waals surface area contributed by atoms with Gasteiger partial charge in [0.15, 0.2) is 45.3 Å². The number of carboxylic acid groups (broad SMARTS) is 4. The standard InChI is InChI=1S/C59H70N18O17S2/c60-48-46-49(75-58(63)74-48)68-24-36(70-46)11-5-29-3-6-30(7-4-29)41(79)21-33(54(88)89)10-16-43(81)67-27-45(84)94-18-19-95-96-28-34(55(90)91)22-42(80)40(23-44(82)83)73-52(86)32(2-1-17-65-57(61)62)20-38(78)14-15-39(56(92)93)72-51(85)31-8-12-35(13-9-31)66-25-37-26-69-50-47(71-37)53(87)77-59(64)76-50/h3-4,6-9,12-13,24,26,32-34,39-40,66H,1-2,5,10-11,14-23,25,27-28H2,(H,67,81)(H,72,85)(H,73,86)(H,82,83)(H,88,89)(H,90,91)(H,92,93)(H4,61,62,65)(H4,60,63,68,74,75)(H3,64,69,76,77,87)/t32-,33+,34+,39+,40+/m0/s1. The number of rotatable bonds is 41. The Bertz CT molecular complexity index is 3990. The zero-order chi connectivity index (χ0) is 70.0. The molecule has 96 heavy (non-hydrogen) atoms. The van der Waals surface area contributed by atoms with Crippen molar-refractivity contribution in [3.63, 3.8) is 0 Å². The number of hydrogen-bond acceptors (Lipinski definition) is 26. The van der Waals surface area contributed by atoms with Crippen molar-refractivity contribution in [1.29, 1.82) is 10.8 Å². The number of hydrogen-bond donors (Lipinski definition) is 16. The molecule has 0 aliphatic heterocycles. The second-order valence-corrected chi connectivity index (χ2v) is 24.3. The molecule has 0 unspecified atom stereocenters. The van der Waals surface area contributed by atoms with Gasteiger partial charge in [-0.05, 0) is 68.4 Å². The lowest BCUT2D eigenvalue weighted by atomic mass is 9.92. The fourth-order valence-corrected chi connectivity index (χ4v) is 11.4. The van der Waals surface area contributed by atoms with E-state index in [1.807, 2.05) is 0 Å². The van der Waals surface area contributed by atoms with Crippen molar-refractivity contribution in [2.24, 2.45) is 23.5 Å². The number of ketones is 3. The first kappa shape index (κ1) is 74.1. The number of ether oxygens (including phenoxy) is 1. The molecule has 4 heterocycles. The van der Waals surface area contributed by atoms with Crippen LogP contribution in [0.3, 0.4) is 0 Å². The molecule has 3 amide bonds. The predicted molar refractivity (Wildman–Crippen MR) is 345 cm³/mol. The summed E-state index contributed by atoms with van der Waals surface area (Å²) in [5.74, 6) is -15.5. The van der Waals surface area contributed by atoms with Crippen LogP contribution in [-0.4, -0.2) is 174 Å². The van der Waals surface area contributed by atoms with Gasteiger partial charge in [0.25, 0.3) is 11.5 Å². The van der Waals surface area contributed by atoms with Crippen molar-refractivity contribution in [1.82, 2.24) is 61.1 Å². The van der Waals surface area contributed by atoms with Crippen LogP contribution in [-0.2, 0) is 67.3 Å². The normalized spacial score (nSPS) is 12.6. The quantitative estimate of drug-likeness (QED) is 0.00625. The average molecular weight is 1370 g/mol. The number of nitrogens with zero attached hydrogens (tertiary/aromatic N) is 6. The van der Waals surface area contributed by atoms with E-state index in [0.717, 1.165) is 27.2 Å². The number of anilines is 3. The molecule has 0 saturated heterocycles. The van der Waals surface area contributed by atoms with E-state index in [0.29, 0.717) is 29.9 Å². The van der Waals surface area contributed by atoms with E-state index in [2.05, 4.69) is 66.5 Å². The summed E-state index contributed by atoms with van der Waals surface area (Å²) in [6.07, 6.45) is -0.0965. The summed E-state index contributed by atoms with van der Waals surface area (Å²) in [6, 6.07) is 9.12. The molecular weight excluding hydrogens is 1300 g/mol. The molecule has 2 aromatic carbocycles. The molecule has 0 fully saturated rings. The minimum Gasteiger partial charge on any atom is -0.481 e. The Morgan fingerprint density at radius 2 is 1.31 bits per heavy atom. The van der Waals surface area contributed by atoms with E-state index in [1.54, 1.807) is 24.3 Å². The number of benzene rings is 2. The molecule has 6 aromatic rings. The van der Waals surface area contributed by atoms with Gasteiger partial charge in [-0.25, -0.2) is 24.7 Å². The van der Waals surface area contributed by atoms with Gasteiger partial charge >= 0.3 is 29.8 Å². The molecule has 0 saturated carbocycles. The number of esters is 1. The second kappa shape index (κ2) is 36.5. The molecule has 510 valence electrons. The lowest BCUT2D eigenvalue weighted by molar-refractivity contribution is -0.144. The zero-order valence-corrected chi connectivity index (χ0v) is 52.8. The van der Waals surface area contributed by atoms with E-state index in [9.17, 15) is 78.0 Å². The van der Waals surface area contributed by atoms with Crippen molar-refractivity contribution in [2.45, 2.75) is 95.7 Å². The van der Waals surface area contributed by atoms with Crippen LogP contribution in [0.2, 0.25) is 0 Å². The first-order valence-electron chi connectivity index (χ1n) is 29.6. The number of Topliss-reactive ketones (excluding diaryl/α,β-unsaturated/α-hetero) is 3. The fourth-order valence-electron chi connectivity index (χ4n) is 9.28. The van der Waals surface area contributed by atoms with Crippen molar-refractivity contribution >= 4 is 132 Å². The van der Waals surface area contributed by atoms with Gasteiger partial charge < -0.3 is 73.9 Å². The van der Waals surface area contributed by atoms with Crippen LogP contribution in [0.25, 0.3) is 22.3 Å². The summed E-state index contributed by atoms with van der Waals surface area (Å²) in [6.45, 7) is -0.598. The molecule has 0 aliphatic carbocycles. The number of nitrogens with one attached hydrogen (secondary N) is 9. The van der Waals surface area contributed by atoms with Crippen LogP contribution in [0.5, 0.6) is 0 Å². The van der Waals surface area contributed by atoms with Crippen molar-refractivity contribution in [3.05, 3.63) is 105 Å². The molecule has 37 heteroatoms. The third-order valence-corrected chi connectivity index (χ3v) is 16.8. The van der Waals surface area contributed by atoms with E-state index in [4.69, 9.17) is 32.8 Å². The molecule has 4 aromatic heterocycles. The lowest BCUT2D eigenvalue weighted by Crippen LogP contribution is -2.46. The summed E-state index contributed by atoms with van der Waals surface area (Å²) in [7, 11) is 2.04. The van der Waals surface area contributed by atoms with Crippen LogP contribution >= 0.6 is 21.6 Å². The Kier molecular flexibility index (Phi) is 28.1. The first-order chi connectivity index (χ1) is 45.7. The fraction of sp³-hybridized carbons (Fsp3) is 0.390. The number of amides is 3. The largest absolute Gasteiger partial charge is 0.481 e. The van der Waals surface area contributed by atoms with Crippen LogP contribution in [0.15, 0.2) is 65.7 Å². The number of H-pyrrole nitrogens is 2. The van der Waals surface area contributed by atoms with E-state index >= 15 is 0 Å². The van der Waals surface area contributed by atoms with Crippen molar-refractivity contribution < 1.29 is 77.9 Å². The Hall–Kier alpha value is -11.0. The number of aryl methyl sites for hydroxylation is 2.